The molecule has 0 heterocycles. The molecule has 0 aliphatic heterocycles. The molecular weight excluding hydrogens is 376 g/mol. The molecule has 0 N–H and O–H groups in total. The van der Waals surface area contributed by atoms with Crippen molar-refractivity contribution in [2.24, 2.45) is 23.7 Å². The van der Waals surface area contributed by atoms with Gasteiger partial charge in [0.15, 0.2) is 0 Å². The maximum absolute atomic E-state index is 6.05. The Morgan fingerprint density at radius 2 is 0.833 bits per heavy atom. The minimum Gasteiger partial charge on any atom is -0.379 e. The average molecular weight is 425 g/mol. The van der Waals surface area contributed by atoms with Crippen molar-refractivity contribution in [3.05, 3.63) is 0 Å². The van der Waals surface area contributed by atoms with Gasteiger partial charge in [-0.25, -0.2) is 0 Å². The second kappa shape index (κ2) is 14.1. The lowest BCUT2D eigenvalue weighted by molar-refractivity contribution is -0.0596. The molecule has 3 saturated carbocycles. The summed E-state index contributed by atoms with van der Waals surface area (Å²) in [6, 6.07) is 0. The van der Waals surface area contributed by atoms with Gasteiger partial charge in [-0.05, 0) is 75.0 Å². The summed E-state index contributed by atoms with van der Waals surface area (Å²) in [5.74, 6) is 3.40. The van der Waals surface area contributed by atoms with Crippen molar-refractivity contribution in [2.45, 2.75) is 103 Å². The van der Waals surface area contributed by atoms with E-state index in [-0.39, 0.29) is 0 Å². The Kier molecular flexibility index (Phi) is 11.5. The summed E-state index contributed by atoms with van der Waals surface area (Å²) in [5, 5.41) is 0. The van der Waals surface area contributed by atoms with Crippen molar-refractivity contribution in [2.75, 3.05) is 39.6 Å². The molecule has 0 unspecified atom stereocenters. The van der Waals surface area contributed by atoms with Gasteiger partial charge in [0.05, 0.1) is 38.6 Å². The van der Waals surface area contributed by atoms with Crippen LogP contribution in [0.4, 0.5) is 0 Å². The molecule has 4 nitrogen and oxygen atoms in total. The molecule has 3 aliphatic rings. The van der Waals surface area contributed by atoms with Crippen LogP contribution < -0.4 is 0 Å². The Labute approximate surface area is 185 Å². The summed E-state index contributed by atoms with van der Waals surface area (Å²) in [7, 11) is 0. The molecule has 4 heteroatoms. The Morgan fingerprint density at radius 3 is 1.20 bits per heavy atom. The Morgan fingerprint density at radius 1 is 0.467 bits per heavy atom. The van der Waals surface area contributed by atoms with E-state index in [1.807, 2.05) is 0 Å². The SMILES string of the molecule is CC1CCC(COCCOC2CCC(OCCOCC3CCC(C)CC3)CC2)CC1. The number of hydrogen-bond acceptors (Lipinski definition) is 4. The van der Waals surface area contributed by atoms with E-state index in [2.05, 4.69) is 13.8 Å². The highest BCUT2D eigenvalue weighted by Gasteiger charge is 2.23. The fraction of sp³-hybridized carbons (Fsp3) is 1.00. The maximum atomic E-state index is 6.05. The van der Waals surface area contributed by atoms with Crippen LogP contribution in [-0.4, -0.2) is 51.8 Å². The second-order valence-corrected chi connectivity index (χ2v) is 10.5. The lowest BCUT2D eigenvalue weighted by Gasteiger charge is -2.29. The largest absolute Gasteiger partial charge is 0.379 e. The summed E-state index contributed by atoms with van der Waals surface area (Å²) >= 11 is 0. The van der Waals surface area contributed by atoms with E-state index in [4.69, 9.17) is 18.9 Å². The highest BCUT2D eigenvalue weighted by atomic mass is 16.5. The fourth-order valence-corrected chi connectivity index (χ4v) is 5.40. The standard InChI is InChI=1S/C26H48O4/c1-21-3-7-23(8-4-21)19-27-15-17-29-25-11-13-26(14-12-25)30-18-16-28-20-24-9-5-22(2)6-10-24/h21-26H,3-20H2,1-2H3. The zero-order chi connectivity index (χ0) is 21.0. The zero-order valence-electron chi connectivity index (χ0n) is 19.8. The van der Waals surface area contributed by atoms with Crippen molar-refractivity contribution in [1.82, 2.24) is 0 Å². The van der Waals surface area contributed by atoms with Crippen molar-refractivity contribution in [3.8, 4) is 0 Å². The first-order chi connectivity index (χ1) is 14.7. The Hall–Kier alpha value is -0.160. The van der Waals surface area contributed by atoms with E-state index in [9.17, 15) is 0 Å². The number of hydrogen-bond donors (Lipinski definition) is 0. The summed E-state index contributed by atoms with van der Waals surface area (Å²) in [6.07, 6.45) is 16.1. The number of ether oxygens (including phenoxy) is 4. The lowest BCUT2D eigenvalue weighted by atomic mass is 9.83. The molecule has 0 atom stereocenters. The first-order valence-corrected chi connectivity index (χ1v) is 13.1. The van der Waals surface area contributed by atoms with Crippen LogP contribution in [0.15, 0.2) is 0 Å². The Bertz CT molecular complexity index is 379. The quantitative estimate of drug-likeness (QED) is 0.359. The van der Waals surface area contributed by atoms with Gasteiger partial charge in [0, 0.05) is 13.2 Å². The summed E-state index contributed by atoms with van der Waals surface area (Å²) in [6.45, 7) is 9.59. The van der Waals surface area contributed by atoms with E-state index < -0.39 is 0 Å². The molecular formula is C26H48O4. The molecule has 0 aromatic carbocycles. The van der Waals surface area contributed by atoms with Crippen molar-refractivity contribution in [1.29, 1.82) is 0 Å². The molecule has 0 aromatic heterocycles. The van der Waals surface area contributed by atoms with Gasteiger partial charge in [-0.3, -0.25) is 0 Å². The monoisotopic (exact) mass is 424 g/mol. The van der Waals surface area contributed by atoms with Gasteiger partial charge >= 0.3 is 0 Å². The van der Waals surface area contributed by atoms with E-state index in [0.29, 0.717) is 12.2 Å². The second-order valence-electron chi connectivity index (χ2n) is 10.5. The van der Waals surface area contributed by atoms with E-state index in [0.717, 1.165) is 89.0 Å². The molecule has 0 amide bonds. The van der Waals surface area contributed by atoms with Crippen LogP contribution in [0.2, 0.25) is 0 Å². The molecule has 0 spiro atoms. The molecule has 0 aromatic rings. The molecule has 0 radical (unpaired) electrons. The summed E-state index contributed by atoms with van der Waals surface area (Å²) in [5.41, 5.74) is 0. The first kappa shape index (κ1) is 24.5. The minimum absolute atomic E-state index is 0.397. The van der Waals surface area contributed by atoms with Crippen LogP contribution in [0, 0.1) is 23.7 Å². The fourth-order valence-electron chi connectivity index (χ4n) is 5.40. The van der Waals surface area contributed by atoms with Crippen LogP contribution in [-0.2, 0) is 18.9 Å². The predicted octanol–water partition coefficient (Wildman–Crippen LogP) is 6.02. The zero-order valence-corrected chi connectivity index (χ0v) is 19.8. The van der Waals surface area contributed by atoms with Gasteiger partial charge in [0.25, 0.3) is 0 Å². The topological polar surface area (TPSA) is 36.9 Å². The highest BCUT2D eigenvalue weighted by molar-refractivity contribution is 4.74. The molecule has 0 bridgehead atoms. The first-order valence-electron chi connectivity index (χ1n) is 13.1. The number of rotatable bonds is 12. The molecule has 0 saturated heterocycles. The van der Waals surface area contributed by atoms with Gasteiger partial charge in [0.1, 0.15) is 0 Å². The average Bonchev–Trinajstić information content (AvgIpc) is 2.77. The van der Waals surface area contributed by atoms with Gasteiger partial charge in [-0.1, -0.05) is 39.5 Å². The van der Waals surface area contributed by atoms with Gasteiger partial charge < -0.3 is 18.9 Å². The van der Waals surface area contributed by atoms with Gasteiger partial charge in [-0.2, -0.15) is 0 Å². The van der Waals surface area contributed by atoms with Crippen LogP contribution in [0.25, 0.3) is 0 Å². The van der Waals surface area contributed by atoms with Crippen LogP contribution >= 0.6 is 0 Å². The van der Waals surface area contributed by atoms with Crippen LogP contribution in [0.3, 0.4) is 0 Å². The minimum atomic E-state index is 0.397. The Balaban J connectivity index is 1.10. The van der Waals surface area contributed by atoms with Crippen LogP contribution in [0.1, 0.15) is 90.9 Å². The smallest absolute Gasteiger partial charge is 0.0704 e. The van der Waals surface area contributed by atoms with Crippen LogP contribution in [0.5, 0.6) is 0 Å². The summed E-state index contributed by atoms with van der Waals surface area (Å²) < 4.78 is 23.9. The van der Waals surface area contributed by atoms with E-state index >= 15 is 0 Å². The van der Waals surface area contributed by atoms with Crippen molar-refractivity contribution < 1.29 is 18.9 Å². The van der Waals surface area contributed by atoms with E-state index in [1.54, 1.807) is 0 Å². The predicted molar refractivity (Wildman–Crippen MR) is 122 cm³/mol. The molecule has 176 valence electrons. The third-order valence-corrected chi connectivity index (χ3v) is 7.76. The highest BCUT2D eigenvalue weighted by Crippen LogP contribution is 2.29. The van der Waals surface area contributed by atoms with Gasteiger partial charge in [-0.15, -0.1) is 0 Å². The normalized spacial score (nSPS) is 35.4. The van der Waals surface area contributed by atoms with Gasteiger partial charge in [0.2, 0.25) is 0 Å². The molecule has 3 rings (SSSR count). The van der Waals surface area contributed by atoms with Crippen molar-refractivity contribution in [3.63, 3.8) is 0 Å². The third kappa shape index (κ3) is 9.54. The third-order valence-electron chi connectivity index (χ3n) is 7.76. The maximum Gasteiger partial charge on any atom is 0.0704 e. The summed E-state index contributed by atoms with van der Waals surface area (Å²) in [4.78, 5) is 0. The molecule has 3 aliphatic carbocycles. The van der Waals surface area contributed by atoms with Crippen molar-refractivity contribution >= 4 is 0 Å². The van der Waals surface area contributed by atoms with E-state index in [1.165, 1.54) is 51.4 Å². The molecule has 3 fully saturated rings. The molecule has 30 heavy (non-hydrogen) atoms. The lowest BCUT2D eigenvalue weighted by Crippen LogP contribution is -2.28.